The molecule has 0 heterocycles. The lowest BCUT2D eigenvalue weighted by atomic mass is 9.93. The van der Waals surface area contributed by atoms with Crippen molar-refractivity contribution in [3.8, 4) is 0 Å². The van der Waals surface area contributed by atoms with Crippen LogP contribution in [0.5, 0.6) is 0 Å². The highest BCUT2D eigenvalue weighted by molar-refractivity contribution is 8.04. The third-order valence-electron chi connectivity index (χ3n) is 2.80. The Bertz CT molecular complexity index is 479. The Morgan fingerprint density at radius 2 is 2.06 bits per heavy atom. The van der Waals surface area contributed by atoms with Gasteiger partial charge in [0.2, 0.25) is 0 Å². The van der Waals surface area contributed by atoms with E-state index in [0.29, 0.717) is 11.3 Å². The van der Waals surface area contributed by atoms with Gasteiger partial charge in [0.25, 0.3) is 0 Å². The lowest BCUT2D eigenvalue weighted by Gasteiger charge is -2.18. The number of thioether (sulfide) groups is 1. The number of ketones is 1. The minimum atomic E-state index is -0.633. The first-order valence-corrected chi connectivity index (χ1v) is 6.59. The molecule has 2 rings (SSSR count). The fourth-order valence-electron chi connectivity index (χ4n) is 1.86. The number of benzene rings is 1. The van der Waals surface area contributed by atoms with Crippen molar-refractivity contribution in [1.82, 2.24) is 0 Å². The van der Waals surface area contributed by atoms with Gasteiger partial charge in [-0.2, -0.15) is 0 Å². The molecule has 1 aliphatic rings. The fraction of sp³-hybridized carbons (Fsp3) is 0.286. The Morgan fingerprint density at radius 1 is 1.33 bits per heavy atom. The van der Waals surface area contributed by atoms with Crippen LogP contribution in [0.25, 0.3) is 0 Å². The third-order valence-corrected chi connectivity index (χ3v) is 3.90. The van der Waals surface area contributed by atoms with E-state index < -0.39 is 11.9 Å². The van der Waals surface area contributed by atoms with Crippen molar-refractivity contribution in [3.63, 3.8) is 0 Å². The Hall–Kier alpha value is -1.55. The molecular weight excluding hydrogens is 248 g/mol. The van der Waals surface area contributed by atoms with Crippen molar-refractivity contribution >= 4 is 23.5 Å². The normalized spacial score (nSPS) is 19.3. The highest BCUT2D eigenvalue weighted by atomic mass is 32.2. The van der Waals surface area contributed by atoms with Crippen LogP contribution in [0, 0.1) is 5.92 Å². The molecule has 1 aliphatic carbocycles. The van der Waals surface area contributed by atoms with Gasteiger partial charge in [-0.25, -0.2) is 0 Å². The van der Waals surface area contributed by atoms with Crippen LogP contribution in [0.2, 0.25) is 0 Å². The lowest BCUT2D eigenvalue weighted by Crippen LogP contribution is -2.28. The van der Waals surface area contributed by atoms with Crippen molar-refractivity contribution in [2.75, 3.05) is 7.11 Å². The van der Waals surface area contributed by atoms with Gasteiger partial charge in [0, 0.05) is 4.90 Å². The monoisotopic (exact) mass is 262 g/mol. The zero-order valence-electron chi connectivity index (χ0n) is 10.1. The van der Waals surface area contributed by atoms with E-state index in [-0.39, 0.29) is 5.78 Å². The number of methoxy groups -OCH3 is 1. The molecule has 0 amide bonds. The molecular formula is C14H14O3S. The largest absolute Gasteiger partial charge is 0.468 e. The first-order valence-electron chi connectivity index (χ1n) is 5.77. The first-order chi connectivity index (χ1) is 8.72. The molecule has 0 aromatic heterocycles. The number of ether oxygens (including phenoxy) is 1. The number of Topliss-reactive ketones (excluding diaryl/α,β-unsaturated/α-hetero) is 1. The average molecular weight is 262 g/mol. The third kappa shape index (κ3) is 2.82. The summed E-state index contributed by atoms with van der Waals surface area (Å²) in [5.74, 6) is -1.19. The summed E-state index contributed by atoms with van der Waals surface area (Å²) in [5, 5.41) is 0. The number of esters is 1. The molecule has 0 aliphatic heterocycles. The topological polar surface area (TPSA) is 43.4 Å². The number of rotatable bonds is 3. The van der Waals surface area contributed by atoms with E-state index in [4.69, 9.17) is 0 Å². The Morgan fingerprint density at radius 3 is 2.72 bits per heavy atom. The van der Waals surface area contributed by atoms with E-state index in [1.807, 2.05) is 36.4 Å². The van der Waals surface area contributed by atoms with E-state index in [0.717, 1.165) is 11.3 Å². The molecule has 1 aromatic rings. The van der Waals surface area contributed by atoms with Gasteiger partial charge >= 0.3 is 5.97 Å². The van der Waals surface area contributed by atoms with Crippen LogP contribution in [0.4, 0.5) is 0 Å². The number of carbonyl (C=O) groups excluding carboxylic acids is 2. The molecule has 1 atom stereocenters. The zero-order chi connectivity index (χ0) is 13.0. The predicted octanol–water partition coefficient (Wildman–Crippen LogP) is 2.81. The fourth-order valence-corrected chi connectivity index (χ4v) is 2.85. The lowest BCUT2D eigenvalue weighted by molar-refractivity contribution is -0.148. The van der Waals surface area contributed by atoms with Gasteiger partial charge in [-0.1, -0.05) is 36.0 Å². The van der Waals surface area contributed by atoms with Crippen LogP contribution in [-0.4, -0.2) is 18.9 Å². The quantitative estimate of drug-likeness (QED) is 0.620. The summed E-state index contributed by atoms with van der Waals surface area (Å²) in [4.78, 5) is 25.3. The van der Waals surface area contributed by atoms with Crippen molar-refractivity contribution in [2.45, 2.75) is 17.7 Å². The van der Waals surface area contributed by atoms with E-state index in [1.54, 1.807) is 0 Å². The summed E-state index contributed by atoms with van der Waals surface area (Å²) in [7, 11) is 1.32. The highest BCUT2D eigenvalue weighted by Gasteiger charge is 2.32. The van der Waals surface area contributed by atoms with Crippen LogP contribution >= 0.6 is 11.8 Å². The molecule has 0 N–H and O–H groups in total. The van der Waals surface area contributed by atoms with Crippen LogP contribution < -0.4 is 0 Å². The Balaban J connectivity index is 2.12. The SMILES string of the molecule is COC(=O)C1CCC=C(Sc2ccccc2)C1=O. The maximum atomic E-state index is 12.1. The van der Waals surface area contributed by atoms with E-state index >= 15 is 0 Å². The van der Waals surface area contributed by atoms with Gasteiger partial charge in [-0.15, -0.1) is 0 Å². The zero-order valence-corrected chi connectivity index (χ0v) is 10.9. The summed E-state index contributed by atoms with van der Waals surface area (Å²) in [6.45, 7) is 0. The molecule has 1 aromatic carbocycles. The summed E-state index contributed by atoms with van der Waals surface area (Å²) < 4.78 is 4.66. The van der Waals surface area contributed by atoms with Gasteiger partial charge in [-0.3, -0.25) is 9.59 Å². The van der Waals surface area contributed by atoms with E-state index in [9.17, 15) is 9.59 Å². The summed E-state index contributed by atoms with van der Waals surface area (Å²) in [6.07, 6.45) is 3.18. The number of carbonyl (C=O) groups is 2. The van der Waals surface area contributed by atoms with Crippen molar-refractivity contribution < 1.29 is 14.3 Å². The minimum Gasteiger partial charge on any atom is -0.468 e. The molecule has 0 spiro atoms. The Labute approximate surface area is 110 Å². The van der Waals surface area contributed by atoms with Crippen molar-refractivity contribution in [1.29, 1.82) is 0 Å². The van der Waals surface area contributed by atoms with Gasteiger partial charge in [0.1, 0.15) is 5.92 Å². The Kier molecular flexibility index (Phi) is 4.20. The van der Waals surface area contributed by atoms with Gasteiger partial charge < -0.3 is 4.74 Å². The van der Waals surface area contributed by atoms with Crippen LogP contribution in [0.1, 0.15) is 12.8 Å². The summed E-state index contributed by atoms with van der Waals surface area (Å²) >= 11 is 1.41. The van der Waals surface area contributed by atoms with E-state index in [2.05, 4.69) is 4.74 Å². The van der Waals surface area contributed by atoms with Gasteiger partial charge in [-0.05, 0) is 25.0 Å². The standard InChI is InChI=1S/C14H14O3S/c1-17-14(16)11-8-5-9-12(13(11)15)18-10-6-3-2-4-7-10/h2-4,6-7,9,11H,5,8H2,1H3. The maximum Gasteiger partial charge on any atom is 0.316 e. The first kappa shape index (κ1) is 12.9. The summed E-state index contributed by atoms with van der Waals surface area (Å²) in [5.41, 5.74) is 0. The second kappa shape index (κ2) is 5.87. The maximum absolute atomic E-state index is 12.1. The second-order valence-electron chi connectivity index (χ2n) is 4.00. The smallest absolute Gasteiger partial charge is 0.316 e. The van der Waals surface area contributed by atoms with Crippen LogP contribution in [-0.2, 0) is 14.3 Å². The van der Waals surface area contributed by atoms with E-state index in [1.165, 1.54) is 18.9 Å². The number of hydrogen-bond acceptors (Lipinski definition) is 4. The molecule has 0 saturated heterocycles. The molecule has 0 saturated carbocycles. The van der Waals surface area contributed by atoms with Gasteiger partial charge in [0.05, 0.1) is 12.0 Å². The molecule has 3 nitrogen and oxygen atoms in total. The van der Waals surface area contributed by atoms with Crippen molar-refractivity contribution in [2.24, 2.45) is 5.92 Å². The highest BCUT2D eigenvalue weighted by Crippen LogP contribution is 2.33. The van der Waals surface area contributed by atoms with Crippen LogP contribution in [0.3, 0.4) is 0 Å². The molecule has 4 heteroatoms. The van der Waals surface area contributed by atoms with Gasteiger partial charge in [0.15, 0.2) is 5.78 Å². The average Bonchev–Trinajstić information content (AvgIpc) is 2.41. The molecule has 0 radical (unpaired) electrons. The number of allylic oxidation sites excluding steroid dienone is 2. The molecule has 18 heavy (non-hydrogen) atoms. The molecule has 0 bridgehead atoms. The molecule has 1 unspecified atom stereocenters. The van der Waals surface area contributed by atoms with Crippen LogP contribution in [0.15, 0.2) is 46.2 Å². The molecule has 0 fully saturated rings. The minimum absolute atomic E-state index is 0.123. The number of hydrogen-bond donors (Lipinski definition) is 0. The molecule has 94 valence electrons. The van der Waals surface area contributed by atoms with Crippen molar-refractivity contribution in [3.05, 3.63) is 41.3 Å². The predicted molar refractivity (Wildman–Crippen MR) is 70.1 cm³/mol. The second-order valence-corrected chi connectivity index (χ2v) is 5.12. The summed E-state index contributed by atoms with van der Waals surface area (Å²) in [6, 6.07) is 9.67.